The molecule has 0 N–H and O–H groups in total. The first-order chi connectivity index (χ1) is 12.0. The van der Waals surface area contributed by atoms with Crippen molar-refractivity contribution >= 4 is 40.1 Å². The highest BCUT2D eigenvalue weighted by Crippen LogP contribution is 2.31. The zero-order chi connectivity index (χ0) is 18.0. The highest BCUT2D eigenvalue weighted by molar-refractivity contribution is 6.34. The van der Waals surface area contributed by atoms with E-state index in [0.29, 0.717) is 10.7 Å². The van der Waals surface area contributed by atoms with Crippen LogP contribution in [-0.4, -0.2) is 38.4 Å². The van der Waals surface area contributed by atoms with Gasteiger partial charge in [0.15, 0.2) is 5.82 Å². The van der Waals surface area contributed by atoms with Crippen LogP contribution in [0, 0.1) is 5.82 Å². The van der Waals surface area contributed by atoms with Gasteiger partial charge in [-0.1, -0.05) is 29.8 Å². The SMILES string of the molecule is C=C/C(Cl)=C\N=C(C)N1CCC(n2cc(F)c3c(Cl)ncnc32)CC1. The number of hydrogen-bond donors (Lipinski definition) is 0. The van der Waals surface area contributed by atoms with Crippen LogP contribution in [-0.2, 0) is 0 Å². The number of piperidine rings is 1. The van der Waals surface area contributed by atoms with E-state index in [-0.39, 0.29) is 22.4 Å². The first-order valence-corrected chi connectivity index (χ1v) is 8.71. The molecule has 0 bridgehead atoms. The molecule has 1 fully saturated rings. The van der Waals surface area contributed by atoms with Gasteiger partial charge in [-0.15, -0.1) is 0 Å². The average Bonchev–Trinajstić information content (AvgIpc) is 2.97. The van der Waals surface area contributed by atoms with E-state index in [0.717, 1.165) is 31.8 Å². The number of hydrogen-bond acceptors (Lipinski definition) is 3. The third-order valence-corrected chi connectivity index (χ3v) is 4.94. The highest BCUT2D eigenvalue weighted by Gasteiger charge is 2.24. The van der Waals surface area contributed by atoms with E-state index in [9.17, 15) is 4.39 Å². The fourth-order valence-electron chi connectivity index (χ4n) is 3.04. The van der Waals surface area contributed by atoms with Gasteiger partial charge in [-0.2, -0.15) is 0 Å². The minimum Gasteiger partial charge on any atom is -0.360 e. The van der Waals surface area contributed by atoms with Crippen LogP contribution in [0.3, 0.4) is 0 Å². The zero-order valence-corrected chi connectivity index (χ0v) is 15.3. The van der Waals surface area contributed by atoms with Crippen LogP contribution < -0.4 is 0 Å². The maximum absolute atomic E-state index is 14.2. The summed E-state index contributed by atoms with van der Waals surface area (Å²) in [7, 11) is 0. The van der Waals surface area contributed by atoms with Gasteiger partial charge >= 0.3 is 0 Å². The summed E-state index contributed by atoms with van der Waals surface area (Å²) in [6.45, 7) is 7.18. The van der Waals surface area contributed by atoms with Gasteiger partial charge in [-0.25, -0.2) is 19.4 Å². The van der Waals surface area contributed by atoms with Gasteiger partial charge in [0.25, 0.3) is 0 Å². The number of aliphatic imine (C=N–C) groups is 1. The van der Waals surface area contributed by atoms with Crippen molar-refractivity contribution in [3.63, 3.8) is 0 Å². The largest absolute Gasteiger partial charge is 0.360 e. The number of aromatic nitrogens is 3. The molecule has 5 nitrogen and oxygen atoms in total. The number of fused-ring (bicyclic) bond motifs is 1. The van der Waals surface area contributed by atoms with E-state index < -0.39 is 0 Å². The van der Waals surface area contributed by atoms with Gasteiger partial charge in [-0.3, -0.25) is 0 Å². The van der Waals surface area contributed by atoms with Crippen molar-refractivity contribution in [3.8, 4) is 0 Å². The second-order valence-corrected chi connectivity index (χ2v) is 6.65. The Balaban J connectivity index is 1.75. The van der Waals surface area contributed by atoms with Crippen molar-refractivity contribution in [1.82, 2.24) is 19.4 Å². The molecule has 0 atom stereocenters. The first-order valence-electron chi connectivity index (χ1n) is 7.95. The van der Waals surface area contributed by atoms with Crippen LogP contribution in [0.25, 0.3) is 11.0 Å². The van der Waals surface area contributed by atoms with Crippen LogP contribution in [0.1, 0.15) is 25.8 Å². The van der Waals surface area contributed by atoms with Crippen molar-refractivity contribution in [2.45, 2.75) is 25.8 Å². The smallest absolute Gasteiger partial charge is 0.153 e. The topological polar surface area (TPSA) is 46.3 Å². The summed E-state index contributed by atoms with van der Waals surface area (Å²) >= 11 is 11.9. The Bertz CT molecular complexity index is 850. The molecule has 1 saturated heterocycles. The molecule has 1 aliphatic heterocycles. The van der Waals surface area contributed by atoms with E-state index in [2.05, 4.69) is 26.4 Å². The Labute approximate surface area is 155 Å². The van der Waals surface area contributed by atoms with Crippen molar-refractivity contribution in [2.24, 2.45) is 4.99 Å². The molecule has 132 valence electrons. The molecule has 2 aromatic heterocycles. The summed E-state index contributed by atoms with van der Waals surface area (Å²) in [6.07, 6.45) is 7.68. The molecule has 0 saturated carbocycles. The van der Waals surface area contributed by atoms with E-state index in [1.807, 2.05) is 11.5 Å². The van der Waals surface area contributed by atoms with Gasteiger partial charge in [0.1, 0.15) is 23.0 Å². The minimum atomic E-state index is -0.384. The minimum absolute atomic E-state index is 0.146. The van der Waals surface area contributed by atoms with Crippen LogP contribution in [0.4, 0.5) is 4.39 Å². The molecule has 0 aromatic carbocycles. The fourth-order valence-corrected chi connectivity index (χ4v) is 3.31. The van der Waals surface area contributed by atoms with Gasteiger partial charge in [-0.05, 0) is 25.8 Å². The molecule has 8 heteroatoms. The predicted molar refractivity (Wildman–Crippen MR) is 99.6 cm³/mol. The Morgan fingerprint density at radius 1 is 1.40 bits per heavy atom. The lowest BCUT2D eigenvalue weighted by Gasteiger charge is -2.33. The van der Waals surface area contributed by atoms with Crippen molar-refractivity contribution in [2.75, 3.05) is 13.1 Å². The Morgan fingerprint density at radius 3 is 2.80 bits per heavy atom. The molecule has 0 radical (unpaired) electrons. The quantitative estimate of drug-likeness (QED) is 0.339. The third kappa shape index (κ3) is 3.70. The highest BCUT2D eigenvalue weighted by atomic mass is 35.5. The summed E-state index contributed by atoms with van der Waals surface area (Å²) in [4.78, 5) is 14.6. The second kappa shape index (κ2) is 7.54. The van der Waals surface area contributed by atoms with Crippen LogP contribution in [0.5, 0.6) is 0 Å². The van der Waals surface area contributed by atoms with E-state index in [4.69, 9.17) is 23.2 Å². The summed E-state index contributed by atoms with van der Waals surface area (Å²) in [5, 5.41) is 0.932. The van der Waals surface area contributed by atoms with Gasteiger partial charge < -0.3 is 9.47 Å². The Hall–Kier alpha value is -1.92. The first kappa shape index (κ1) is 17.9. The normalized spacial score (nSPS) is 17.4. The Kier molecular flexibility index (Phi) is 5.39. The monoisotopic (exact) mass is 381 g/mol. The molecule has 1 aliphatic rings. The molecule has 0 amide bonds. The molecule has 0 aliphatic carbocycles. The molecule has 3 heterocycles. The van der Waals surface area contributed by atoms with Crippen LogP contribution in [0.15, 0.2) is 41.4 Å². The lowest BCUT2D eigenvalue weighted by Crippen LogP contribution is -2.37. The lowest BCUT2D eigenvalue weighted by atomic mass is 10.0. The molecule has 3 rings (SSSR count). The maximum Gasteiger partial charge on any atom is 0.153 e. The lowest BCUT2D eigenvalue weighted by molar-refractivity contribution is 0.268. The number of likely N-dealkylation sites (tertiary alicyclic amines) is 1. The molecular weight excluding hydrogens is 364 g/mol. The van der Waals surface area contributed by atoms with Crippen molar-refractivity contribution in [1.29, 1.82) is 0 Å². The Morgan fingerprint density at radius 2 is 2.12 bits per heavy atom. The number of nitrogens with zero attached hydrogens (tertiary/aromatic N) is 5. The average molecular weight is 382 g/mol. The number of amidine groups is 1. The predicted octanol–water partition coefficient (Wildman–Crippen LogP) is 4.55. The number of halogens is 3. The van der Waals surface area contributed by atoms with Gasteiger partial charge in [0, 0.05) is 31.5 Å². The van der Waals surface area contributed by atoms with E-state index in [1.54, 1.807) is 12.3 Å². The van der Waals surface area contributed by atoms with E-state index in [1.165, 1.54) is 12.5 Å². The molecule has 0 spiro atoms. The maximum atomic E-state index is 14.2. The van der Waals surface area contributed by atoms with Gasteiger partial charge in [0.05, 0.1) is 10.4 Å². The van der Waals surface area contributed by atoms with Crippen LogP contribution >= 0.6 is 23.2 Å². The standard InChI is InChI=1S/C17H18Cl2FN5/c1-3-12(18)8-21-11(2)24-6-4-13(5-7-24)25-9-14(20)15-16(19)22-10-23-17(15)25/h3,8-10,13H,1,4-7H2,2H3/b12-8+,21-11?. The fraction of sp³-hybridized carbons (Fsp3) is 0.353. The number of rotatable bonds is 3. The van der Waals surface area contributed by atoms with Crippen molar-refractivity contribution in [3.05, 3.63) is 47.4 Å². The summed E-state index contributed by atoms with van der Waals surface area (Å²) in [5.41, 5.74) is 0.544. The van der Waals surface area contributed by atoms with Crippen molar-refractivity contribution < 1.29 is 4.39 Å². The van der Waals surface area contributed by atoms with Gasteiger partial charge in [0.2, 0.25) is 0 Å². The van der Waals surface area contributed by atoms with E-state index >= 15 is 0 Å². The molecule has 0 unspecified atom stereocenters. The zero-order valence-electron chi connectivity index (χ0n) is 13.8. The molecule has 2 aromatic rings. The number of allylic oxidation sites excluding steroid dienone is 2. The van der Waals surface area contributed by atoms with Crippen LogP contribution in [0.2, 0.25) is 5.15 Å². The molecule has 25 heavy (non-hydrogen) atoms. The third-order valence-electron chi connectivity index (χ3n) is 4.40. The summed E-state index contributed by atoms with van der Waals surface area (Å²) in [5.74, 6) is 0.511. The molecular formula is C17H18Cl2FN5. The summed E-state index contributed by atoms with van der Waals surface area (Å²) in [6, 6.07) is 0.161. The second-order valence-electron chi connectivity index (χ2n) is 5.86. The summed E-state index contributed by atoms with van der Waals surface area (Å²) < 4.78 is 16.1.